The lowest BCUT2D eigenvalue weighted by Crippen LogP contribution is -2.30. The van der Waals surface area contributed by atoms with Gasteiger partial charge in [-0.25, -0.2) is 17.9 Å². The van der Waals surface area contributed by atoms with E-state index in [4.69, 9.17) is 4.74 Å². The number of aliphatic hydroxyl groups excluding tert-OH is 1. The zero-order chi connectivity index (χ0) is 27.8. The number of para-hydroxylation sites is 1. The fraction of sp³-hybridized carbons (Fsp3) is 0.480. The lowest BCUT2D eigenvalue weighted by Gasteiger charge is -2.29. The molecule has 0 radical (unpaired) electrons. The highest BCUT2D eigenvalue weighted by molar-refractivity contribution is 7.89. The van der Waals surface area contributed by atoms with Crippen molar-refractivity contribution in [2.24, 2.45) is 10.4 Å². The Balaban J connectivity index is 2.08. The molecule has 1 atom stereocenters. The van der Waals surface area contributed by atoms with Crippen molar-refractivity contribution in [3.63, 3.8) is 0 Å². The summed E-state index contributed by atoms with van der Waals surface area (Å²) in [7, 11) is -4.11. The van der Waals surface area contributed by atoms with Crippen LogP contribution in [-0.2, 0) is 24.3 Å². The van der Waals surface area contributed by atoms with E-state index < -0.39 is 37.5 Å². The fourth-order valence-corrected chi connectivity index (χ4v) is 5.30. The maximum Gasteiger partial charge on any atom is 0.331 e. The molecule has 0 amide bonds. The predicted octanol–water partition coefficient (Wildman–Crippen LogP) is 3.80. The number of nitrogens with one attached hydrogen (secondary N) is 1. The van der Waals surface area contributed by atoms with Gasteiger partial charge in [0.05, 0.1) is 10.5 Å². The first kappa shape index (κ1) is 29.8. The summed E-state index contributed by atoms with van der Waals surface area (Å²) >= 11 is 0. The van der Waals surface area contributed by atoms with E-state index in [0.717, 1.165) is 12.1 Å². The lowest BCUT2D eigenvalue weighted by molar-refractivity contribution is -0.387. The number of unbranched alkanes of at least 4 members (excludes halogenated alkanes) is 1. The highest BCUT2D eigenvalue weighted by Crippen LogP contribution is 2.36. The quantitative estimate of drug-likeness (QED) is 0.0961. The summed E-state index contributed by atoms with van der Waals surface area (Å²) in [4.78, 5) is 39.5. The number of carbonyl (C=O) groups is 2. The van der Waals surface area contributed by atoms with Gasteiger partial charge in [-0.05, 0) is 37.7 Å². The minimum Gasteiger partial charge on any atom is -0.511 e. The summed E-state index contributed by atoms with van der Waals surface area (Å²) in [6, 6.07) is 4.06. The molecule has 0 spiro atoms. The molecule has 37 heavy (non-hydrogen) atoms. The summed E-state index contributed by atoms with van der Waals surface area (Å²) < 4.78 is 32.5. The highest BCUT2D eigenvalue weighted by Gasteiger charge is 2.34. The molecule has 0 aliphatic heterocycles. The van der Waals surface area contributed by atoms with Crippen molar-refractivity contribution >= 4 is 33.2 Å². The second-order valence-electron chi connectivity index (χ2n) is 9.53. The topological polar surface area (TPSA) is 165 Å². The van der Waals surface area contributed by atoms with Crippen molar-refractivity contribution in [3.05, 3.63) is 58.4 Å². The van der Waals surface area contributed by atoms with E-state index in [1.807, 2.05) is 13.8 Å². The Morgan fingerprint density at radius 2 is 2.00 bits per heavy atom. The van der Waals surface area contributed by atoms with Crippen LogP contribution in [0.15, 0.2) is 58.1 Å². The van der Waals surface area contributed by atoms with Crippen molar-refractivity contribution in [2.75, 3.05) is 13.2 Å². The number of ketones is 1. The Kier molecular flexibility index (Phi) is 10.3. The zero-order valence-electron chi connectivity index (χ0n) is 21.2. The molecule has 12 heteroatoms. The van der Waals surface area contributed by atoms with Crippen molar-refractivity contribution in [3.8, 4) is 0 Å². The van der Waals surface area contributed by atoms with Crippen LogP contribution in [0.2, 0.25) is 0 Å². The van der Waals surface area contributed by atoms with E-state index in [-0.39, 0.29) is 54.2 Å². The normalized spacial score (nSPS) is 16.8. The van der Waals surface area contributed by atoms with Gasteiger partial charge in [-0.3, -0.25) is 19.9 Å². The van der Waals surface area contributed by atoms with Crippen molar-refractivity contribution in [1.29, 1.82) is 0 Å². The van der Waals surface area contributed by atoms with Crippen LogP contribution in [0.1, 0.15) is 52.9 Å². The fourth-order valence-electron chi connectivity index (χ4n) is 4.05. The lowest BCUT2D eigenvalue weighted by atomic mass is 9.75. The molecule has 2 N–H and O–H groups in total. The number of benzene rings is 1. The first-order valence-electron chi connectivity index (χ1n) is 11.8. The van der Waals surface area contributed by atoms with Gasteiger partial charge in [0.1, 0.15) is 18.4 Å². The van der Waals surface area contributed by atoms with E-state index in [1.165, 1.54) is 18.2 Å². The van der Waals surface area contributed by atoms with Gasteiger partial charge >= 0.3 is 5.97 Å². The van der Waals surface area contributed by atoms with E-state index in [9.17, 15) is 33.2 Å². The molecule has 0 saturated heterocycles. The van der Waals surface area contributed by atoms with Crippen LogP contribution in [0.25, 0.3) is 0 Å². The molecular formula is C25H33N3O8S. The summed E-state index contributed by atoms with van der Waals surface area (Å²) in [5.41, 5.74) is -0.558. The van der Waals surface area contributed by atoms with Gasteiger partial charge in [-0.15, -0.1) is 0 Å². The molecule has 0 fully saturated rings. The highest BCUT2D eigenvalue weighted by atomic mass is 32.2. The number of sulfonamides is 1. The molecule has 1 aromatic carbocycles. The SMILES string of the molecule is C=CCOC(=O)[C@H](CCCCNS(=O)(=O)c1ccccc1[N+](=O)[O-])N=C(C)C1=C(O)CC(C)(C)CC1=O. The summed E-state index contributed by atoms with van der Waals surface area (Å²) in [5.74, 6) is -0.953. The molecule has 0 saturated carbocycles. The molecule has 0 bridgehead atoms. The van der Waals surface area contributed by atoms with Crippen LogP contribution in [0, 0.1) is 15.5 Å². The average Bonchev–Trinajstić information content (AvgIpc) is 2.80. The molecule has 0 unspecified atom stereocenters. The van der Waals surface area contributed by atoms with E-state index in [2.05, 4.69) is 16.3 Å². The van der Waals surface area contributed by atoms with Crippen molar-refractivity contribution in [2.45, 2.75) is 63.8 Å². The Morgan fingerprint density at radius 3 is 2.62 bits per heavy atom. The summed E-state index contributed by atoms with van der Waals surface area (Å²) in [6.45, 7) is 8.77. The molecule has 2 rings (SSSR count). The Morgan fingerprint density at radius 1 is 1.32 bits per heavy atom. The van der Waals surface area contributed by atoms with E-state index >= 15 is 0 Å². The van der Waals surface area contributed by atoms with Gasteiger partial charge in [-0.1, -0.05) is 38.6 Å². The van der Waals surface area contributed by atoms with Crippen LogP contribution >= 0.6 is 0 Å². The van der Waals surface area contributed by atoms with E-state index in [0.29, 0.717) is 19.3 Å². The Hall–Kier alpha value is -3.38. The van der Waals surface area contributed by atoms with Gasteiger partial charge in [-0.2, -0.15) is 0 Å². The van der Waals surface area contributed by atoms with Gasteiger partial charge in [0.15, 0.2) is 10.7 Å². The minimum absolute atomic E-state index is 0.0228. The zero-order valence-corrected chi connectivity index (χ0v) is 22.0. The number of aliphatic hydroxyl groups is 1. The molecule has 1 aliphatic carbocycles. The number of hydrogen-bond acceptors (Lipinski definition) is 9. The molecule has 202 valence electrons. The summed E-state index contributed by atoms with van der Waals surface area (Å²) in [5, 5.41) is 21.6. The number of hydrogen-bond donors (Lipinski definition) is 2. The molecule has 0 heterocycles. The smallest absolute Gasteiger partial charge is 0.331 e. The predicted molar refractivity (Wildman–Crippen MR) is 138 cm³/mol. The number of ether oxygens (including phenoxy) is 1. The Bertz CT molecular complexity index is 1220. The van der Waals surface area contributed by atoms with Crippen molar-refractivity contribution < 1.29 is 32.8 Å². The number of nitro groups is 1. The monoisotopic (exact) mass is 535 g/mol. The molecular weight excluding hydrogens is 502 g/mol. The maximum atomic E-state index is 12.6. The number of nitro benzene ring substituents is 1. The second kappa shape index (κ2) is 12.7. The first-order valence-corrected chi connectivity index (χ1v) is 13.3. The third kappa shape index (κ3) is 8.32. The maximum absolute atomic E-state index is 12.6. The Labute approximate surface area is 216 Å². The van der Waals surface area contributed by atoms with Crippen LogP contribution in [0.3, 0.4) is 0 Å². The van der Waals surface area contributed by atoms with Crippen LogP contribution in [0.5, 0.6) is 0 Å². The minimum atomic E-state index is -4.11. The van der Waals surface area contributed by atoms with Crippen LogP contribution in [-0.4, -0.2) is 55.1 Å². The van der Waals surface area contributed by atoms with Gasteiger partial charge in [0.25, 0.3) is 5.69 Å². The molecule has 1 aliphatic rings. The second-order valence-corrected chi connectivity index (χ2v) is 11.3. The number of nitrogens with zero attached hydrogens (tertiary/aromatic N) is 2. The van der Waals surface area contributed by atoms with Gasteiger partial charge in [0, 0.05) is 31.2 Å². The molecule has 11 nitrogen and oxygen atoms in total. The summed E-state index contributed by atoms with van der Waals surface area (Å²) in [6.07, 6.45) is 2.81. The van der Waals surface area contributed by atoms with Crippen LogP contribution < -0.4 is 4.72 Å². The largest absolute Gasteiger partial charge is 0.511 e. The van der Waals surface area contributed by atoms with Gasteiger partial charge in [0.2, 0.25) is 10.0 Å². The standard InChI is InChI=1S/C25H33N3O8S/c1-5-14-36-24(31)18(27-17(2)23-20(29)15-25(3,4)16-21(23)30)10-8-9-13-26-37(34,35)22-12-7-6-11-19(22)28(32)33/h5-7,11-12,18,26,29H,1,8-10,13-16H2,2-4H3/t18-/m0/s1. The molecule has 1 aromatic rings. The third-order valence-corrected chi connectivity index (χ3v) is 7.24. The average molecular weight is 536 g/mol. The first-order chi connectivity index (χ1) is 17.3. The number of rotatable bonds is 13. The molecule has 0 aromatic heterocycles. The third-order valence-electron chi connectivity index (χ3n) is 5.73. The van der Waals surface area contributed by atoms with E-state index in [1.54, 1.807) is 6.92 Å². The van der Waals surface area contributed by atoms with Gasteiger partial charge < -0.3 is 9.84 Å². The van der Waals surface area contributed by atoms with Crippen LogP contribution in [0.4, 0.5) is 5.69 Å². The number of allylic oxidation sites excluding steroid dienone is 2. The van der Waals surface area contributed by atoms with Crippen molar-refractivity contribution in [1.82, 2.24) is 4.72 Å². The number of aliphatic imine (C=N–C) groups is 1. The number of Topliss-reactive ketones (excluding diaryl/α,β-unsaturated/α-hetero) is 1. The number of esters is 1. The number of carbonyl (C=O) groups excluding carboxylic acids is 2.